The van der Waals surface area contributed by atoms with Crippen LogP contribution in [0.15, 0.2) is 71.8 Å². The fourth-order valence-corrected chi connectivity index (χ4v) is 3.82. The molecule has 0 fully saturated rings. The van der Waals surface area contributed by atoms with Crippen molar-refractivity contribution in [3.63, 3.8) is 0 Å². The summed E-state index contributed by atoms with van der Waals surface area (Å²) in [6.07, 6.45) is 1.51. The highest BCUT2D eigenvalue weighted by atomic mass is 35.5. The fourth-order valence-electron chi connectivity index (χ4n) is 3.59. The Morgan fingerprint density at radius 3 is 2.49 bits per heavy atom. The molecule has 7 nitrogen and oxygen atoms in total. The number of halogens is 1. The van der Waals surface area contributed by atoms with Gasteiger partial charge in [-0.3, -0.25) is 9.59 Å². The van der Waals surface area contributed by atoms with E-state index >= 15 is 0 Å². The van der Waals surface area contributed by atoms with Crippen molar-refractivity contribution in [2.75, 3.05) is 6.61 Å². The van der Waals surface area contributed by atoms with Crippen LogP contribution in [0.1, 0.15) is 47.8 Å². The van der Waals surface area contributed by atoms with Gasteiger partial charge < -0.3 is 14.8 Å². The van der Waals surface area contributed by atoms with Crippen LogP contribution in [0, 0.1) is 12.8 Å². The number of amides is 2. The van der Waals surface area contributed by atoms with Crippen LogP contribution in [0.4, 0.5) is 0 Å². The molecule has 0 aromatic heterocycles. The lowest BCUT2D eigenvalue weighted by atomic mass is 10.0. The molecule has 37 heavy (non-hydrogen) atoms. The zero-order chi connectivity index (χ0) is 26.8. The van der Waals surface area contributed by atoms with Crippen LogP contribution in [-0.4, -0.2) is 30.7 Å². The van der Waals surface area contributed by atoms with E-state index in [1.165, 1.54) is 11.8 Å². The first-order valence-electron chi connectivity index (χ1n) is 12.1. The monoisotopic (exact) mass is 521 g/mol. The number of nitrogens with one attached hydrogen (secondary N) is 2. The third kappa shape index (κ3) is 8.08. The molecule has 0 aliphatic heterocycles. The molecule has 194 valence electrons. The molecule has 0 saturated carbocycles. The number of hydrazone groups is 1. The predicted octanol–water partition coefficient (Wildman–Crippen LogP) is 5.53. The van der Waals surface area contributed by atoms with E-state index in [0.717, 1.165) is 5.56 Å². The van der Waals surface area contributed by atoms with E-state index in [9.17, 15) is 9.59 Å². The van der Waals surface area contributed by atoms with E-state index < -0.39 is 17.9 Å². The number of aryl methyl sites for hydroxylation is 1. The van der Waals surface area contributed by atoms with Crippen molar-refractivity contribution in [1.82, 2.24) is 10.7 Å². The summed E-state index contributed by atoms with van der Waals surface area (Å²) in [5, 5.41) is 7.14. The van der Waals surface area contributed by atoms with Gasteiger partial charge in [0, 0.05) is 0 Å². The van der Waals surface area contributed by atoms with Gasteiger partial charge in [-0.25, -0.2) is 5.43 Å². The van der Waals surface area contributed by atoms with Crippen LogP contribution in [0.3, 0.4) is 0 Å². The molecular weight excluding hydrogens is 490 g/mol. The molecule has 0 bridgehead atoms. The molecule has 0 aliphatic rings. The van der Waals surface area contributed by atoms with Gasteiger partial charge in [-0.1, -0.05) is 67.4 Å². The molecule has 1 atom stereocenters. The summed E-state index contributed by atoms with van der Waals surface area (Å²) in [5.74, 6) is 0.168. The summed E-state index contributed by atoms with van der Waals surface area (Å²) in [6.45, 7) is 8.50. The third-order valence-electron chi connectivity index (χ3n) is 5.49. The lowest BCUT2D eigenvalue weighted by molar-refractivity contribution is -0.123. The molecule has 0 heterocycles. The lowest BCUT2D eigenvalue weighted by Gasteiger charge is -2.20. The minimum Gasteiger partial charge on any atom is -0.490 e. The Balaban J connectivity index is 1.64. The zero-order valence-corrected chi connectivity index (χ0v) is 22.2. The van der Waals surface area contributed by atoms with Crippen LogP contribution >= 0.6 is 11.6 Å². The maximum Gasteiger partial charge on any atom is 0.262 e. The number of rotatable bonds is 11. The van der Waals surface area contributed by atoms with Gasteiger partial charge in [-0.15, -0.1) is 0 Å². The normalized spacial score (nSPS) is 11.8. The van der Waals surface area contributed by atoms with Crippen molar-refractivity contribution in [2.45, 2.75) is 40.3 Å². The number of carbonyl (C=O) groups excluding carboxylic acids is 2. The minimum absolute atomic E-state index is 0.170. The average molecular weight is 522 g/mol. The first kappa shape index (κ1) is 27.7. The summed E-state index contributed by atoms with van der Waals surface area (Å²) in [5.41, 5.74) is 5.77. The smallest absolute Gasteiger partial charge is 0.262 e. The minimum atomic E-state index is -0.794. The van der Waals surface area contributed by atoms with Crippen molar-refractivity contribution in [3.05, 3.63) is 94.0 Å². The van der Waals surface area contributed by atoms with Gasteiger partial charge in [0.1, 0.15) is 12.6 Å². The molecule has 3 rings (SSSR count). The van der Waals surface area contributed by atoms with Gasteiger partial charge in [0.2, 0.25) is 0 Å². The summed E-state index contributed by atoms with van der Waals surface area (Å²) in [6, 6.07) is 19.4. The molecule has 0 spiro atoms. The van der Waals surface area contributed by atoms with Gasteiger partial charge in [0.05, 0.1) is 23.4 Å². The Bertz CT molecular complexity index is 1260. The topological polar surface area (TPSA) is 89.0 Å². The number of benzene rings is 3. The number of ether oxygens (including phenoxy) is 2. The van der Waals surface area contributed by atoms with Crippen LogP contribution in [0.2, 0.25) is 5.02 Å². The maximum atomic E-state index is 12.8. The van der Waals surface area contributed by atoms with Crippen LogP contribution < -0.4 is 20.2 Å². The van der Waals surface area contributed by atoms with E-state index in [1.54, 1.807) is 30.3 Å². The van der Waals surface area contributed by atoms with Crippen LogP contribution in [0.5, 0.6) is 11.5 Å². The second-order valence-electron chi connectivity index (χ2n) is 8.83. The highest BCUT2D eigenvalue weighted by molar-refractivity contribution is 6.33. The van der Waals surface area contributed by atoms with E-state index in [1.807, 2.05) is 58.0 Å². The van der Waals surface area contributed by atoms with Gasteiger partial charge in [0.15, 0.2) is 11.5 Å². The SMILES string of the molecule is CCOc1cc(C=NNC(=O)C(NC(=O)c2ccccc2Cl)C(C)C)ccc1OCc1cccc(C)c1. The highest BCUT2D eigenvalue weighted by Gasteiger charge is 2.25. The molecule has 0 aliphatic carbocycles. The largest absolute Gasteiger partial charge is 0.490 e. The third-order valence-corrected chi connectivity index (χ3v) is 5.82. The Labute approximate surface area is 222 Å². The van der Waals surface area contributed by atoms with Crippen LogP contribution in [0.25, 0.3) is 0 Å². The summed E-state index contributed by atoms with van der Waals surface area (Å²) in [7, 11) is 0. The number of nitrogens with zero attached hydrogens (tertiary/aromatic N) is 1. The van der Waals surface area contributed by atoms with Gasteiger partial charge in [-0.2, -0.15) is 5.10 Å². The summed E-state index contributed by atoms with van der Waals surface area (Å²) in [4.78, 5) is 25.4. The van der Waals surface area contributed by atoms with E-state index in [4.69, 9.17) is 21.1 Å². The Hall–Kier alpha value is -3.84. The van der Waals surface area contributed by atoms with Crippen molar-refractivity contribution >= 4 is 29.6 Å². The van der Waals surface area contributed by atoms with E-state index in [0.29, 0.717) is 40.9 Å². The second kappa shape index (κ2) is 13.5. The number of carbonyl (C=O) groups is 2. The van der Waals surface area contributed by atoms with Crippen molar-refractivity contribution in [2.24, 2.45) is 11.0 Å². The molecule has 1 unspecified atom stereocenters. The number of hydrogen-bond acceptors (Lipinski definition) is 5. The molecule has 3 aromatic rings. The average Bonchev–Trinajstić information content (AvgIpc) is 2.87. The Morgan fingerprint density at radius 1 is 1.00 bits per heavy atom. The zero-order valence-electron chi connectivity index (χ0n) is 21.5. The second-order valence-corrected chi connectivity index (χ2v) is 9.23. The molecule has 2 N–H and O–H groups in total. The van der Waals surface area contributed by atoms with E-state index in [2.05, 4.69) is 21.9 Å². The first-order chi connectivity index (χ1) is 17.8. The van der Waals surface area contributed by atoms with Crippen molar-refractivity contribution in [3.8, 4) is 11.5 Å². The predicted molar refractivity (Wildman–Crippen MR) is 146 cm³/mol. The number of hydrogen-bond donors (Lipinski definition) is 2. The highest BCUT2D eigenvalue weighted by Crippen LogP contribution is 2.29. The lowest BCUT2D eigenvalue weighted by Crippen LogP contribution is -2.48. The molecular formula is C29H32ClN3O4. The summed E-state index contributed by atoms with van der Waals surface area (Å²) < 4.78 is 11.7. The van der Waals surface area contributed by atoms with Crippen molar-refractivity contribution in [1.29, 1.82) is 0 Å². The first-order valence-corrected chi connectivity index (χ1v) is 12.5. The Morgan fingerprint density at radius 2 is 1.78 bits per heavy atom. The fraction of sp³-hybridized carbons (Fsp3) is 0.276. The molecule has 0 radical (unpaired) electrons. The van der Waals surface area contributed by atoms with E-state index in [-0.39, 0.29) is 5.92 Å². The molecule has 3 aromatic carbocycles. The summed E-state index contributed by atoms with van der Waals surface area (Å²) >= 11 is 6.11. The van der Waals surface area contributed by atoms with Gasteiger partial charge in [0.25, 0.3) is 11.8 Å². The Kier molecular flexibility index (Phi) is 10.1. The van der Waals surface area contributed by atoms with Gasteiger partial charge in [-0.05, 0) is 61.2 Å². The molecule has 2 amide bonds. The van der Waals surface area contributed by atoms with Crippen LogP contribution in [-0.2, 0) is 11.4 Å². The maximum absolute atomic E-state index is 12.8. The van der Waals surface area contributed by atoms with Gasteiger partial charge >= 0.3 is 0 Å². The van der Waals surface area contributed by atoms with Crippen molar-refractivity contribution < 1.29 is 19.1 Å². The molecule has 0 saturated heterocycles. The quantitative estimate of drug-likeness (QED) is 0.256. The standard InChI is InChI=1S/C29H32ClN3O4/c1-5-36-26-16-21(13-14-25(26)37-18-22-10-8-9-20(4)15-22)17-31-33-29(35)27(19(2)3)32-28(34)23-11-6-7-12-24(23)30/h6-17,19,27H,5,18H2,1-4H3,(H,32,34)(H,33,35). The molecule has 8 heteroatoms.